The number of nitrogens with zero attached hydrogens (tertiary/aromatic N) is 1. The second kappa shape index (κ2) is 15.6. The number of ether oxygens (including phenoxy) is 1. The van der Waals surface area contributed by atoms with Gasteiger partial charge in [0.2, 0.25) is 0 Å². The van der Waals surface area contributed by atoms with E-state index in [-0.39, 0.29) is 0 Å². The molecular formula is C63H45NO. The van der Waals surface area contributed by atoms with E-state index < -0.39 is 5.41 Å². The summed E-state index contributed by atoms with van der Waals surface area (Å²) in [5.74, 6) is 0.871. The summed E-state index contributed by atoms with van der Waals surface area (Å²) in [4.78, 5) is 2.35. The summed E-state index contributed by atoms with van der Waals surface area (Å²) in [6.07, 6.45) is 6.01. The van der Waals surface area contributed by atoms with Crippen LogP contribution in [0.25, 0.3) is 61.2 Å². The molecule has 0 radical (unpaired) electrons. The van der Waals surface area contributed by atoms with Crippen molar-refractivity contribution in [2.45, 2.75) is 18.9 Å². The second-order valence-electron chi connectivity index (χ2n) is 17.1. The van der Waals surface area contributed by atoms with E-state index in [0.29, 0.717) is 6.61 Å². The molecule has 2 aliphatic carbocycles. The van der Waals surface area contributed by atoms with Crippen molar-refractivity contribution < 1.29 is 4.74 Å². The Hall–Kier alpha value is -8.20. The van der Waals surface area contributed by atoms with E-state index in [2.05, 4.69) is 224 Å². The molecule has 0 N–H and O–H groups in total. The van der Waals surface area contributed by atoms with Crippen molar-refractivity contribution >= 4 is 22.6 Å². The molecular weight excluding hydrogens is 787 g/mol. The number of benzene rings is 9. The monoisotopic (exact) mass is 831 g/mol. The van der Waals surface area contributed by atoms with Crippen LogP contribution in [0, 0.1) is 0 Å². The van der Waals surface area contributed by atoms with Crippen LogP contribution in [0.3, 0.4) is 0 Å². The van der Waals surface area contributed by atoms with E-state index in [4.69, 9.17) is 4.74 Å². The van der Waals surface area contributed by atoms with Gasteiger partial charge in [0.15, 0.2) is 0 Å². The van der Waals surface area contributed by atoms with Crippen molar-refractivity contribution in [2.75, 3.05) is 4.90 Å². The topological polar surface area (TPSA) is 12.5 Å². The van der Waals surface area contributed by atoms with E-state index in [1.54, 1.807) is 0 Å². The molecule has 9 aromatic rings. The van der Waals surface area contributed by atoms with E-state index in [1.807, 2.05) is 25.2 Å². The summed E-state index contributed by atoms with van der Waals surface area (Å²) in [6.45, 7) is 6.75. The first-order valence-electron chi connectivity index (χ1n) is 22.5. The highest BCUT2D eigenvalue weighted by atomic mass is 16.5. The lowest BCUT2D eigenvalue weighted by Gasteiger charge is -2.31. The second-order valence-corrected chi connectivity index (χ2v) is 17.1. The standard InChI is InChI=1S/C63H45NO/c1-3-15-61-51(4-2)52-37-39-60-62(56(52)41-65-61)54-21-12-14-23-58(54)63(60)57-22-13-11-20-53(57)55-40-47(30-38-59(55)63)46-28-35-50(36-29-46)64(48-31-24-44(25-32-48)42-16-7-5-8-17-42)49-33-26-45(27-34-49)43-18-9-6-10-19-43/h3-40H,2,41H2,1H3/b15-3-. The average Bonchev–Trinajstić information content (AvgIpc) is 3.85. The Morgan fingerprint density at radius 1 is 0.446 bits per heavy atom. The molecule has 1 atom stereocenters. The Morgan fingerprint density at radius 3 is 1.48 bits per heavy atom. The van der Waals surface area contributed by atoms with E-state index in [1.165, 1.54) is 89.0 Å². The number of anilines is 3. The third-order valence-corrected chi connectivity index (χ3v) is 13.7. The third-order valence-electron chi connectivity index (χ3n) is 13.7. The van der Waals surface area contributed by atoms with Crippen LogP contribution in [-0.2, 0) is 16.8 Å². The predicted molar refractivity (Wildman–Crippen MR) is 270 cm³/mol. The maximum atomic E-state index is 6.48. The van der Waals surface area contributed by atoms with Crippen molar-refractivity contribution in [3.63, 3.8) is 0 Å². The summed E-state index contributed by atoms with van der Waals surface area (Å²) in [5, 5.41) is 0. The van der Waals surface area contributed by atoms with Crippen molar-refractivity contribution in [2.24, 2.45) is 0 Å². The fourth-order valence-electron chi connectivity index (χ4n) is 10.9. The Morgan fingerprint density at radius 2 is 0.908 bits per heavy atom. The summed E-state index contributed by atoms with van der Waals surface area (Å²) in [5.41, 5.74) is 23.9. The van der Waals surface area contributed by atoms with Crippen LogP contribution in [0.4, 0.5) is 17.1 Å². The molecule has 0 fully saturated rings. The molecule has 3 aliphatic rings. The van der Waals surface area contributed by atoms with Gasteiger partial charge in [-0.15, -0.1) is 0 Å². The Kier molecular flexibility index (Phi) is 9.21. The highest BCUT2D eigenvalue weighted by Crippen LogP contribution is 2.64. The highest BCUT2D eigenvalue weighted by molar-refractivity contribution is 5.99. The first kappa shape index (κ1) is 38.5. The minimum Gasteiger partial charge on any atom is -0.488 e. The van der Waals surface area contributed by atoms with Crippen molar-refractivity contribution in [1.82, 2.24) is 0 Å². The van der Waals surface area contributed by atoms with E-state index in [0.717, 1.165) is 28.4 Å². The summed E-state index contributed by atoms with van der Waals surface area (Å²) in [7, 11) is 0. The predicted octanol–water partition coefficient (Wildman–Crippen LogP) is 16.5. The lowest BCUT2D eigenvalue weighted by molar-refractivity contribution is 0.208. The van der Waals surface area contributed by atoms with Gasteiger partial charge >= 0.3 is 0 Å². The first-order chi connectivity index (χ1) is 32.1. The zero-order valence-corrected chi connectivity index (χ0v) is 36.2. The maximum absolute atomic E-state index is 6.48. The molecule has 12 rings (SSSR count). The largest absolute Gasteiger partial charge is 0.488 e. The molecule has 65 heavy (non-hydrogen) atoms. The van der Waals surface area contributed by atoms with Gasteiger partial charge in [-0.1, -0.05) is 189 Å². The zero-order chi connectivity index (χ0) is 43.5. The van der Waals surface area contributed by atoms with E-state index >= 15 is 0 Å². The average molecular weight is 832 g/mol. The number of hydrogen-bond acceptors (Lipinski definition) is 2. The van der Waals surface area contributed by atoms with Crippen LogP contribution in [0.1, 0.15) is 40.3 Å². The van der Waals surface area contributed by atoms with Crippen LogP contribution in [0.15, 0.2) is 243 Å². The van der Waals surface area contributed by atoms with Gasteiger partial charge in [-0.2, -0.15) is 0 Å². The smallest absolute Gasteiger partial charge is 0.127 e. The molecule has 1 unspecified atom stereocenters. The molecule has 0 amide bonds. The molecule has 0 aromatic heterocycles. The molecule has 9 aromatic carbocycles. The van der Waals surface area contributed by atoms with Crippen LogP contribution >= 0.6 is 0 Å². The third kappa shape index (κ3) is 6.02. The molecule has 0 saturated heterocycles. The minimum atomic E-state index is -0.455. The molecule has 1 heterocycles. The lowest BCUT2D eigenvalue weighted by atomic mass is 9.70. The summed E-state index contributed by atoms with van der Waals surface area (Å²) >= 11 is 0. The molecule has 2 heteroatoms. The van der Waals surface area contributed by atoms with Gasteiger partial charge in [0, 0.05) is 28.2 Å². The molecule has 1 aliphatic heterocycles. The molecule has 308 valence electrons. The van der Waals surface area contributed by atoms with Gasteiger partial charge in [-0.3, -0.25) is 0 Å². The van der Waals surface area contributed by atoms with Crippen molar-refractivity contribution in [3.8, 4) is 55.6 Å². The van der Waals surface area contributed by atoms with Crippen molar-refractivity contribution in [3.05, 3.63) is 276 Å². The summed E-state index contributed by atoms with van der Waals surface area (Å²) < 4.78 is 6.48. The van der Waals surface area contributed by atoms with Crippen LogP contribution in [0.2, 0.25) is 0 Å². The van der Waals surface area contributed by atoms with Crippen LogP contribution < -0.4 is 4.90 Å². The van der Waals surface area contributed by atoms with Crippen molar-refractivity contribution in [1.29, 1.82) is 0 Å². The number of allylic oxidation sites excluding steroid dienone is 4. The highest BCUT2D eigenvalue weighted by Gasteiger charge is 2.52. The maximum Gasteiger partial charge on any atom is 0.127 e. The minimum absolute atomic E-state index is 0.455. The fraction of sp³-hybridized carbons (Fsp3) is 0.0476. The molecule has 0 bridgehead atoms. The Bertz CT molecular complexity index is 3280. The van der Waals surface area contributed by atoms with Gasteiger partial charge in [0.1, 0.15) is 12.4 Å². The lowest BCUT2D eigenvalue weighted by Crippen LogP contribution is -2.26. The number of hydrogen-bond donors (Lipinski definition) is 0. The van der Waals surface area contributed by atoms with E-state index in [9.17, 15) is 0 Å². The SMILES string of the molecule is C=CC1=C(/C=C\C)OCc2c1ccc1c2-c2ccccc2C12c1ccccc1-c1cc(-c3ccc(N(c4ccc(-c5ccccc5)cc4)c4ccc(-c5ccccc5)cc4)cc3)ccc12. The fourth-order valence-corrected chi connectivity index (χ4v) is 10.9. The quantitative estimate of drug-likeness (QED) is 0.151. The van der Waals surface area contributed by atoms with Gasteiger partial charge < -0.3 is 9.64 Å². The van der Waals surface area contributed by atoms with Crippen LogP contribution in [-0.4, -0.2) is 0 Å². The molecule has 1 spiro atoms. The van der Waals surface area contributed by atoms with Gasteiger partial charge in [0.05, 0.1) is 5.41 Å². The Labute approximate surface area is 381 Å². The summed E-state index contributed by atoms with van der Waals surface area (Å²) in [6, 6.07) is 77.9. The normalized spacial score (nSPS) is 15.2. The number of rotatable bonds is 8. The van der Waals surface area contributed by atoms with Gasteiger partial charge in [-0.05, 0) is 139 Å². The van der Waals surface area contributed by atoms with Gasteiger partial charge in [0.25, 0.3) is 0 Å². The Balaban J connectivity index is 0.952. The van der Waals surface area contributed by atoms with Gasteiger partial charge in [-0.25, -0.2) is 0 Å². The first-order valence-corrected chi connectivity index (χ1v) is 22.5. The number of fused-ring (bicyclic) bond motifs is 12. The van der Waals surface area contributed by atoms with Crippen LogP contribution in [0.5, 0.6) is 0 Å². The zero-order valence-electron chi connectivity index (χ0n) is 36.2. The molecule has 0 saturated carbocycles. The molecule has 2 nitrogen and oxygen atoms in total.